The number of allylic oxidation sites excluding steroid dienone is 2. The maximum absolute atomic E-state index is 5.62. The van der Waals surface area contributed by atoms with Crippen molar-refractivity contribution in [3.05, 3.63) is 41.5 Å². The Kier molecular flexibility index (Phi) is 6.30. The van der Waals surface area contributed by atoms with Gasteiger partial charge in [-0.15, -0.1) is 9.24 Å². The van der Waals surface area contributed by atoms with E-state index >= 15 is 0 Å². The van der Waals surface area contributed by atoms with Gasteiger partial charge in [-0.2, -0.15) is 5.53 Å². The van der Waals surface area contributed by atoms with E-state index in [-0.39, 0.29) is 6.17 Å². The zero-order valence-electron chi connectivity index (χ0n) is 15.5. The molecular formula is C20H33N4P. The van der Waals surface area contributed by atoms with Crippen LogP contribution in [0.2, 0.25) is 0 Å². The number of hydrazine groups is 2. The van der Waals surface area contributed by atoms with Crippen molar-refractivity contribution < 1.29 is 0 Å². The quantitative estimate of drug-likeness (QED) is 0.258. The SMILES string of the molecule is CC1CC=C(c2ccccc2C(NNN)NC(P)C2(C)CCC2)CC1. The largest absolute Gasteiger partial charge is 0.290 e. The molecule has 0 spiro atoms. The number of hydrogen-bond acceptors (Lipinski definition) is 4. The first-order chi connectivity index (χ1) is 12.0. The summed E-state index contributed by atoms with van der Waals surface area (Å²) < 4.78 is 0. The summed E-state index contributed by atoms with van der Waals surface area (Å²) in [6, 6.07) is 8.69. The summed E-state index contributed by atoms with van der Waals surface area (Å²) in [5.74, 6) is 6.76. The fourth-order valence-electron chi connectivity index (χ4n) is 3.97. The van der Waals surface area contributed by atoms with Crippen molar-refractivity contribution in [3.63, 3.8) is 0 Å². The van der Waals surface area contributed by atoms with Gasteiger partial charge < -0.3 is 0 Å². The second-order valence-electron chi connectivity index (χ2n) is 8.07. The summed E-state index contributed by atoms with van der Waals surface area (Å²) in [7, 11) is 3.00. The van der Waals surface area contributed by atoms with Crippen LogP contribution >= 0.6 is 9.24 Å². The topological polar surface area (TPSA) is 62.1 Å². The van der Waals surface area contributed by atoms with Gasteiger partial charge in [0.25, 0.3) is 0 Å². The number of nitrogens with two attached hydrogens (primary N) is 1. The molecule has 0 heterocycles. The first kappa shape index (κ1) is 19.0. The third-order valence-corrected chi connectivity index (χ3v) is 7.11. The second-order valence-corrected chi connectivity index (χ2v) is 8.74. The molecule has 0 aromatic heterocycles. The minimum Gasteiger partial charge on any atom is -0.290 e. The first-order valence-corrected chi connectivity index (χ1v) is 10.2. The molecule has 2 aliphatic rings. The molecule has 2 aliphatic carbocycles. The van der Waals surface area contributed by atoms with Gasteiger partial charge in [0.15, 0.2) is 0 Å². The van der Waals surface area contributed by atoms with Gasteiger partial charge in [0.05, 0.1) is 6.17 Å². The highest BCUT2D eigenvalue weighted by atomic mass is 31.0. The fraction of sp³-hybridized carbons (Fsp3) is 0.600. The van der Waals surface area contributed by atoms with Crippen molar-refractivity contribution in [2.75, 3.05) is 0 Å². The van der Waals surface area contributed by atoms with E-state index in [2.05, 4.69) is 69.7 Å². The highest BCUT2D eigenvalue weighted by molar-refractivity contribution is 7.17. The Bertz CT molecular complexity index is 611. The Morgan fingerprint density at radius 2 is 2.04 bits per heavy atom. The van der Waals surface area contributed by atoms with Gasteiger partial charge in [-0.25, -0.2) is 5.43 Å². The van der Waals surface area contributed by atoms with E-state index in [1.165, 1.54) is 48.8 Å². The van der Waals surface area contributed by atoms with Gasteiger partial charge in [0.1, 0.15) is 0 Å². The minimum absolute atomic E-state index is 0.0265. The third-order valence-electron chi connectivity index (χ3n) is 6.11. The summed E-state index contributed by atoms with van der Waals surface area (Å²) in [6.45, 7) is 4.70. The van der Waals surface area contributed by atoms with Crippen molar-refractivity contribution in [1.82, 2.24) is 16.3 Å². The number of benzene rings is 1. The molecule has 0 amide bonds. The average Bonchev–Trinajstić information content (AvgIpc) is 2.60. The molecule has 138 valence electrons. The molecule has 25 heavy (non-hydrogen) atoms. The van der Waals surface area contributed by atoms with Crippen LogP contribution in [-0.4, -0.2) is 5.78 Å². The maximum atomic E-state index is 5.62. The monoisotopic (exact) mass is 360 g/mol. The normalized spacial score (nSPS) is 25.0. The van der Waals surface area contributed by atoms with Crippen molar-refractivity contribution in [3.8, 4) is 0 Å². The highest BCUT2D eigenvalue weighted by Crippen LogP contribution is 2.46. The molecule has 0 aliphatic heterocycles. The van der Waals surface area contributed by atoms with Crippen LogP contribution in [0.5, 0.6) is 0 Å². The van der Waals surface area contributed by atoms with Crippen LogP contribution in [0.3, 0.4) is 0 Å². The summed E-state index contributed by atoms with van der Waals surface area (Å²) >= 11 is 0. The van der Waals surface area contributed by atoms with Gasteiger partial charge in [-0.1, -0.05) is 50.6 Å². The summed E-state index contributed by atoms with van der Waals surface area (Å²) in [6.07, 6.45) is 9.89. The smallest absolute Gasteiger partial charge is 0.0987 e. The van der Waals surface area contributed by atoms with Crippen molar-refractivity contribution in [2.45, 2.75) is 64.3 Å². The average molecular weight is 360 g/mol. The van der Waals surface area contributed by atoms with Crippen LogP contribution in [0.25, 0.3) is 5.57 Å². The lowest BCUT2D eigenvalue weighted by Gasteiger charge is -2.45. The van der Waals surface area contributed by atoms with Crippen molar-refractivity contribution in [1.29, 1.82) is 0 Å². The second kappa shape index (κ2) is 8.28. The minimum atomic E-state index is -0.0265. The lowest BCUT2D eigenvalue weighted by molar-refractivity contribution is 0.127. The molecule has 5 heteroatoms. The Hall–Kier alpha value is -0.770. The molecule has 1 fully saturated rings. The Balaban J connectivity index is 1.84. The molecule has 0 bridgehead atoms. The van der Waals surface area contributed by atoms with Gasteiger partial charge in [-0.3, -0.25) is 11.2 Å². The molecule has 5 N–H and O–H groups in total. The van der Waals surface area contributed by atoms with E-state index in [1.807, 2.05) is 0 Å². The predicted octanol–water partition coefficient (Wildman–Crippen LogP) is 3.84. The standard InChI is InChI=1S/C20H33N4P/c1-14-8-10-15(11-9-14)16-6-3-4-7-17(16)18(23-24-21)22-19(25)20(2)12-5-13-20/h3-4,6-7,10,14,18-19,22-24H,5,8-9,11-13,21,25H2,1-2H3. The van der Waals surface area contributed by atoms with E-state index in [4.69, 9.17) is 5.84 Å². The lowest BCUT2D eigenvalue weighted by Crippen LogP contribution is -2.52. The molecular weight excluding hydrogens is 327 g/mol. The Labute approximate surface area is 154 Å². The zero-order valence-corrected chi connectivity index (χ0v) is 16.7. The molecule has 0 radical (unpaired) electrons. The van der Waals surface area contributed by atoms with E-state index in [9.17, 15) is 0 Å². The van der Waals surface area contributed by atoms with Crippen LogP contribution < -0.4 is 22.1 Å². The summed E-state index contributed by atoms with van der Waals surface area (Å²) in [5.41, 5.74) is 10.3. The van der Waals surface area contributed by atoms with E-state index in [0.29, 0.717) is 11.2 Å². The van der Waals surface area contributed by atoms with Crippen molar-refractivity contribution >= 4 is 14.8 Å². The highest BCUT2D eigenvalue weighted by Gasteiger charge is 2.38. The molecule has 4 nitrogen and oxygen atoms in total. The van der Waals surface area contributed by atoms with Crippen LogP contribution in [0.4, 0.5) is 0 Å². The van der Waals surface area contributed by atoms with Crippen LogP contribution in [0.1, 0.15) is 69.7 Å². The molecule has 4 unspecified atom stereocenters. The van der Waals surface area contributed by atoms with Gasteiger partial charge >= 0.3 is 0 Å². The van der Waals surface area contributed by atoms with E-state index < -0.39 is 0 Å². The van der Waals surface area contributed by atoms with Crippen LogP contribution in [0, 0.1) is 11.3 Å². The molecule has 0 saturated heterocycles. The molecule has 1 aromatic carbocycles. The molecule has 4 atom stereocenters. The molecule has 1 saturated carbocycles. The maximum Gasteiger partial charge on any atom is 0.0987 e. The number of nitrogens with one attached hydrogen (secondary N) is 3. The number of hydrogen-bond donors (Lipinski definition) is 4. The Morgan fingerprint density at radius 3 is 2.64 bits per heavy atom. The zero-order chi connectivity index (χ0) is 17.9. The summed E-state index contributed by atoms with van der Waals surface area (Å²) in [4.78, 5) is 0. The van der Waals surface area contributed by atoms with Gasteiger partial charge in [0, 0.05) is 5.78 Å². The first-order valence-electron chi connectivity index (χ1n) is 9.54. The van der Waals surface area contributed by atoms with Gasteiger partial charge in [0.2, 0.25) is 0 Å². The van der Waals surface area contributed by atoms with Crippen molar-refractivity contribution in [2.24, 2.45) is 17.2 Å². The molecule has 3 rings (SSSR count). The van der Waals surface area contributed by atoms with E-state index in [0.717, 1.165) is 12.3 Å². The van der Waals surface area contributed by atoms with Crippen LogP contribution in [0.15, 0.2) is 30.3 Å². The van der Waals surface area contributed by atoms with Gasteiger partial charge in [-0.05, 0) is 60.1 Å². The fourth-order valence-corrected chi connectivity index (χ4v) is 4.50. The summed E-state index contributed by atoms with van der Waals surface area (Å²) in [5, 5.41) is 3.75. The Morgan fingerprint density at radius 1 is 1.28 bits per heavy atom. The van der Waals surface area contributed by atoms with E-state index in [1.54, 1.807) is 0 Å². The van der Waals surface area contributed by atoms with Crippen LogP contribution in [-0.2, 0) is 0 Å². The third kappa shape index (κ3) is 4.32. The molecule has 1 aromatic rings. The predicted molar refractivity (Wildman–Crippen MR) is 109 cm³/mol. The number of rotatable bonds is 7. The lowest BCUT2D eigenvalue weighted by atomic mass is 9.70.